The molecule has 1 aliphatic heterocycles. The summed E-state index contributed by atoms with van der Waals surface area (Å²) in [5, 5.41) is 3.30. The Kier molecular flexibility index (Phi) is 7.20. The van der Waals surface area contributed by atoms with Crippen LogP contribution < -0.4 is 35.5 Å². The van der Waals surface area contributed by atoms with Gasteiger partial charge in [0.25, 0.3) is 11.5 Å². The highest BCUT2D eigenvalue weighted by molar-refractivity contribution is 6.34. The minimum atomic E-state index is -0.876. The van der Waals surface area contributed by atoms with Crippen LogP contribution >= 0.6 is 11.6 Å². The summed E-state index contributed by atoms with van der Waals surface area (Å²) >= 11 is 6.50. The van der Waals surface area contributed by atoms with Gasteiger partial charge in [-0.3, -0.25) is 14.6 Å². The Morgan fingerprint density at radius 3 is 2.49 bits per heavy atom. The number of ether oxygens (including phenoxy) is 4. The first-order valence-corrected chi connectivity index (χ1v) is 13.3. The van der Waals surface area contributed by atoms with Crippen molar-refractivity contribution in [1.29, 1.82) is 0 Å². The predicted octanol–water partition coefficient (Wildman–Crippen LogP) is 4.70. The molecule has 6 rings (SSSR count). The maximum absolute atomic E-state index is 13.4. The minimum absolute atomic E-state index is 0.112. The lowest BCUT2D eigenvalue weighted by Crippen LogP contribution is -2.41. The number of amides is 1. The summed E-state index contributed by atoms with van der Waals surface area (Å²) < 4.78 is 38.5. The lowest BCUT2D eigenvalue weighted by molar-refractivity contribution is 0.102. The molecule has 0 spiro atoms. The van der Waals surface area contributed by atoms with E-state index < -0.39 is 23.0 Å². The highest BCUT2D eigenvalue weighted by Crippen LogP contribution is 2.48. The first-order valence-electron chi connectivity index (χ1n) is 12.9. The topological polar surface area (TPSA) is 123 Å². The number of fused-ring (bicyclic) bond motifs is 3. The standard InChI is InChI=1S/C30H22ClFN4O7/c1-35-15-19(29(38)36(30(35)39)17-5-3-16(32)4-6-17)28(37)34-21-8-7-18(13-20(21)31)43-23-9-10-33-22-14-24(40-2)26-27(25(22)23)42-12-11-41-26/h3-10,13-15H,11-12H2,1-2H3,(H,34,37). The number of methoxy groups -OCH3 is 1. The molecule has 13 heteroatoms. The van der Waals surface area contributed by atoms with Crippen molar-refractivity contribution in [1.82, 2.24) is 14.1 Å². The molecule has 3 heterocycles. The number of anilines is 1. The number of hydrogen-bond donors (Lipinski definition) is 1. The van der Waals surface area contributed by atoms with Crippen LogP contribution in [0.2, 0.25) is 5.02 Å². The van der Waals surface area contributed by atoms with Gasteiger partial charge < -0.3 is 28.8 Å². The van der Waals surface area contributed by atoms with Crippen molar-refractivity contribution in [3.8, 4) is 34.4 Å². The van der Waals surface area contributed by atoms with Crippen molar-refractivity contribution < 1.29 is 28.1 Å². The number of nitrogens with one attached hydrogen (secondary N) is 1. The zero-order valence-electron chi connectivity index (χ0n) is 22.7. The summed E-state index contributed by atoms with van der Waals surface area (Å²) in [6.07, 6.45) is 2.71. The molecular formula is C30H22ClFN4O7. The molecule has 0 saturated heterocycles. The molecule has 1 aliphatic rings. The number of carbonyl (C=O) groups excluding carboxylic acids is 1. The number of pyridine rings is 1. The van der Waals surface area contributed by atoms with E-state index in [1.165, 1.54) is 38.4 Å². The minimum Gasteiger partial charge on any atom is -0.493 e. The third-order valence-corrected chi connectivity index (χ3v) is 6.97. The molecule has 0 radical (unpaired) electrons. The van der Waals surface area contributed by atoms with Gasteiger partial charge in [-0.05, 0) is 42.5 Å². The fourth-order valence-electron chi connectivity index (χ4n) is 4.63. The lowest BCUT2D eigenvalue weighted by Gasteiger charge is -2.23. The molecule has 2 aromatic heterocycles. The number of carbonyl (C=O) groups is 1. The van der Waals surface area contributed by atoms with E-state index in [0.29, 0.717) is 52.9 Å². The van der Waals surface area contributed by atoms with Crippen molar-refractivity contribution in [3.63, 3.8) is 0 Å². The number of aromatic nitrogens is 3. The number of nitrogens with zero attached hydrogens (tertiary/aromatic N) is 3. The van der Waals surface area contributed by atoms with Crippen molar-refractivity contribution >= 4 is 34.1 Å². The number of rotatable bonds is 6. The molecule has 3 aromatic carbocycles. The van der Waals surface area contributed by atoms with Crippen LogP contribution in [0.4, 0.5) is 10.1 Å². The molecule has 1 amide bonds. The maximum atomic E-state index is 13.4. The zero-order chi connectivity index (χ0) is 30.2. The Hall–Kier alpha value is -5.36. The summed E-state index contributed by atoms with van der Waals surface area (Å²) in [6.45, 7) is 0.710. The average Bonchev–Trinajstić information content (AvgIpc) is 3.00. The van der Waals surface area contributed by atoms with Crippen LogP contribution in [0.5, 0.6) is 28.7 Å². The van der Waals surface area contributed by atoms with Gasteiger partial charge in [-0.1, -0.05) is 11.6 Å². The van der Waals surface area contributed by atoms with Crippen molar-refractivity contribution in [2.24, 2.45) is 7.05 Å². The van der Waals surface area contributed by atoms with Crippen LogP contribution in [0, 0.1) is 5.82 Å². The van der Waals surface area contributed by atoms with Gasteiger partial charge >= 0.3 is 5.69 Å². The lowest BCUT2D eigenvalue weighted by atomic mass is 10.1. The molecule has 0 atom stereocenters. The second-order valence-electron chi connectivity index (χ2n) is 9.39. The molecule has 0 aliphatic carbocycles. The van der Waals surface area contributed by atoms with Crippen LogP contribution in [0.1, 0.15) is 10.4 Å². The van der Waals surface area contributed by atoms with E-state index in [4.69, 9.17) is 30.5 Å². The van der Waals surface area contributed by atoms with E-state index in [0.717, 1.165) is 27.5 Å². The molecule has 0 saturated carbocycles. The van der Waals surface area contributed by atoms with Crippen LogP contribution in [0.3, 0.4) is 0 Å². The van der Waals surface area contributed by atoms with E-state index >= 15 is 0 Å². The Morgan fingerprint density at radius 2 is 1.77 bits per heavy atom. The van der Waals surface area contributed by atoms with Crippen molar-refractivity contribution in [2.45, 2.75) is 0 Å². The van der Waals surface area contributed by atoms with E-state index in [-0.39, 0.29) is 22.0 Å². The number of halogens is 2. The van der Waals surface area contributed by atoms with Gasteiger partial charge in [0.15, 0.2) is 11.5 Å². The molecule has 5 aromatic rings. The first-order chi connectivity index (χ1) is 20.7. The predicted molar refractivity (Wildman–Crippen MR) is 156 cm³/mol. The van der Waals surface area contributed by atoms with Crippen LogP contribution in [0.25, 0.3) is 16.6 Å². The summed E-state index contributed by atoms with van der Waals surface area (Å²) in [7, 11) is 2.92. The van der Waals surface area contributed by atoms with Crippen LogP contribution in [0.15, 0.2) is 76.6 Å². The molecule has 11 nitrogen and oxygen atoms in total. The van der Waals surface area contributed by atoms with E-state index in [1.54, 1.807) is 24.4 Å². The molecule has 0 bridgehead atoms. The van der Waals surface area contributed by atoms with E-state index in [1.807, 2.05) is 0 Å². The van der Waals surface area contributed by atoms with Gasteiger partial charge in [-0.25, -0.2) is 13.8 Å². The maximum Gasteiger partial charge on any atom is 0.335 e. The third-order valence-electron chi connectivity index (χ3n) is 6.66. The molecule has 218 valence electrons. The highest BCUT2D eigenvalue weighted by atomic mass is 35.5. The zero-order valence-corrected chi connectivity index (χ0v) is 23.5. The molecule has 1 N–H and O–H groups in total. The SMILES string of the molecule is COc1cc2nccc(Oc3ccc(NC(=O)c4cn(C)c(=O)n(-c5ccc(F)cc5)c4=O)c(Cl)c3)c2c2c1OCCO2. The number of hydrogen-bond acceptors (Lipinski definition) is 8. The second kappa shape index (κ2) is 11.1. The average molecular weight is 605 g/mol. The van der Waals surface area contributed by atoms with Crippen molar-refractivity contribution in [2.75, 3.05) is 25.6 Å². The Labute approximate surface area is 247 Å². The largest absolute Gasteiger partial charge is 0.493 e. The fourth-order valence-corrected chi connectivity index (χ4v) is 4.85. The quantitative estimate of drug-likeness (QED) is 0.296. The molecule has 43 heavy (non-hydrogen) atoms. The Bertz CT molecular complexity index is 2030. The van der Waals surface area contributed by atoms with E-state index in [9.17, 15) is 18.8 Å². The highest BCUT2D eigenvalue weighted by Gasteiger charge is 2.24. The van der Waals surface area contributed by atoms with Gasteiger partial charge in [0.05, 0.1) is 34.4 Å². The van der Waals surface area contributed by atoms with Gasteiger partial charge in [0.2, 0.25) is 5.75 Å². The fraction of sp³-hybridized carbons (Fsp3) is 0.133. The summed E-state index contributed by atoms with van der Waals surface area (Å²) in [5.74, 6) is 0.812. The second-order valence-corrected chi connectivity index (χ2v) is 9.80. The number of aryl methyl sites for hydroxylation is 1. The smallest absolute Gasteiger partial charge is 0.335 e. The first kappa shape index (κ1) is 27.8. The van der Waals surface area contributed by atoms with E-state index in [2.05, 4.69) is 10.3 Å². The molecule has 0 fully saturated rings. The summed E-state index contributed by atoms with van der Waals surface area (Å²) in [6, 6.07) is 12.7. The summed E-state index contributed by atoms with van der Waals surface area (Å²) in [4.78, 5) is 43.4. The normalized spacial score (nSPS) is 12.2. The summed E-state index contributed by atoms with van der Waals surface area (Å²) in [5.41, 5.74) is -1.03. The van der Waals surface area contributed by atoms with Gasteiger partial charge in [-0.15, -0.1) is 0 Å². The Morgan fingerprint density at radius 1 is 1.02 bits per heavy atom. The number of benzene rings is 3. The third kappa shape index (κ3) is 5.12. The van der Waals surface area contributed by atoms with Crippen LogP contribution in [-0.4, -0.2) is 40.3 Å². The van der Waals surface area contributed by atoms with Crippen molar-refractivity contribution in [3.05, 3.63) is 104 Å². The Balaban J connectivity index is 1.29. The monoisotopic (exact) mass is 604 g/mol. The van der Waals surface area contributed by atoms with Gasteiger partial charge in [0, 0.05) is 31.6 Å². The van der Waals surface area contributed by atoms with Gasteiger partial charge in [-0.2, -0.15) is 0 Å². The molecular weight excluding hydrogens is 583 g/mol. The van der Waals surface area contributed by atoms with Gasteiger partial charge in [0.1, 0.15) is 36.1 Å². The van der Waals surface area contributed by atoms with Crippen LogP contribution in [-0.2, 0) is 7.05 Å². The molecule has 0 unspecified atom stereocenters.